The van der Waals surface area contributed by atoms with Crippen LogP contribution in [0, 0.1) is 46.3 Å². The minimum absolute atomic E-state index is 0.0435. The highest BCUT2D eigenvalue weighted by molar-refractivity contribution is 5.68. The maximum Gasteiger partial charge on any atom is 0.303 e. The molecule has 61 heavy (non-hydrogen) atoms. The molecule has 16 nitrogen and oxygen atoms in total. The Hall–Kier alpha value is -2.25. The number of aliphatic hydroxyl groups excluding tert-OH is 4. The zero-order valence-corrected chi connectivity index (χ0v) is 36.8. The average Bonchev–Trinajstić information content (AvgIpc) is 3.64. The lowest BCUT2D eigenvalue weighted by Gasteiger charge is -2.60. The van der Waals surface area contributed by atoms with Gasteiger partial charge in [0.2, 0.25) is 0 Å². The standard InChI is InChI=1S/C45H68O16/c1-20-11-14-45(54-18-20)21(2)34-31(61-45)17-30-28-10-9-26-15-27(49)16-33(44(26,8)29(28)12-13-43(30,34)7)59-42-40(60-41-37(52)36(51)35(50)22(3)55-41)39(57-25(6)48)38(56-24(5)47)32(58-42)19-53-23(4)46/h9,20-22,27-42,49-52H,10-19H2,1-8H3/t20-,21+,22+,27-,28-,29+,30+,31+,32-,33-,34+,35+,36-,37-,38+,39+,40-,41+,42+,43+,44+,45-/m1/s1. The van der Waals surface area contributed by atoms with Gasteiger partial charge >= 0.3 is 17.9 Å². The Morgan fingerprint density at radius 1 is 0.803 bits per heavy atom. The van der Waals surface area contributed by atoms with Crippen LogP contribution in [0.5, 0.6) is 0 Å². The smallest absolute Gasteiger partial charge is 0.303 e. The van der Waals surface area contributed by atoms with Crippen molar-refractivity contribution in [1.82, 2.24) is 0 Å². The highest BCUT2D eigenvalue weighted by atomic mass is 16.8. The number of aliphatic hydroxyl groups is 4. The first kappa shape index (κ1) is 45.3. The van der Waals surface area contributed by atoms with Gasteiger partial charge in [-0.15, -0.1) is 0 Å². The van der Waals surface area contributed by atoms with Gasteiger partial charge in [0.05, 0.1) is 31.0 Å². The van der Waals surface area contributed by atoms with Crippen molar-refractivity contribution in [3.63, 3.8) is 0 Å². The van der Waals surface area contributed by atoms with E-state index in [1.54, 1.807) is 0 Å². The number of esters is 3. The van der Waals surface area contributed by atoms with Crippen molar-refractivity contribution in [2.24, 2.45) is 46.3 Å². The van der Waals surface area contributed by atoms with Gasteiger partial charge in [0.15, 0.2) is 36.7 Å². The van der Waals surface area contributed by atoms with Gasteiger partial charge in [-0.25, -0.2) is 0 Å². The van der Waals surface area contributed by atoms with Crippen LogP contribution in [-0.4, -0.2) is 137 Å². The van der Waals surface area contributed by atoms with Crippen LogP contribution in [0.4, 0.5) is 0 Å². The van der Waals surface area contributed by atoms with E-state index in [4.69, 9.17) is 42.6 Å². The predicted molar refractivity (Wildman–Crippen MR) is 212 cm³/mol. The molecule has 4 saturated heterocycles. The molecule has 0 aromatic heterocycles. The Morgan fingerprint density at radius 3 is 2.20 bits per heavy atom. The Bertz CT molecular complexity index is 1680. The molecule has 22 atom stereocenters. The van der Waals surface area contributed by atoms with E-state index in [0.29, 0.717) is 30.1 Å². The van der Waals surface area contributed by atoms with Crippen LogP contribution in [0.1, 0.15) is 107 Å². The molecule has 0 radical (unpaired) electrons. The van der Waals surface area contributed by atoms with Gasteiger partial charge in [0.1, 0.15) is 31.0 Å². The van der Waals surface area contributed by atoms with Gasteiger partial charge in [-0.05, 0) is 80.5 Å². The first-order valence-corrected chi connectivity index (χ1v) is 22.6. The SMILES string of the molecule is CC(=O)OC[C@H]1O[C@@H](O[C@@H]2C[C@H](O)CC3=CC[C@H]4[C@@H]5C[C@@H]6O[C@]7(CC[C@@H](C)CO7)[C@@H](C)[C@@H]6[C@@]5(C)CC[C@@H]4[C@]32C)[C@H](O[C@@H]2O[C@@H](C)[C@H](O)[C@@H](O)[C@H]2O)[C@@H](OC(C)=O)[C@H]1OC(C)=O. The van der Waals surface area contributed by atoms with Crippen molar-refractivity contribution in [3.8, 4) is 0 Å². The van der Waals surface area contributed by atoms with E-state index in [2.05, 4.69) is 33.8 Å². The van der Waals surface area contributed by atoms with Crippen molar-refractivity contribution >= 4 is 17.9 Å². The van der Waals surface area contributed by atoms with Crippen molar-refractivity contribution in [2.45, 2.75) is 192 Å². The van der Waals surface area contributed by atoms with Crippen molar-refractivity contribution in [1.29, 1.82) is 0 Å². The van der Waals surface area contributed by atoms with Crippen LogP contribution >= 0.6 is 0 Å². The molecule has 0 bridgehead atoms. The van der Waals surface area contributed by atoms with Crippen LogP contribution in [0.25, 0.3) is 0 Å². The third kappa shape index (κ3) is 7.90. The first-order valence-electron chi connectivity index (χ1n) is 22.6. The van der Waals surface area contributed by atoms with E-state index in [0.717, 1.165) is 50.7 Å². The summed E-state index contributed by atoms with van der Waals surface area (Å²) in [5, 5.41) is 43.8. The fourth-order valence-corrected chi connectivity index (χ4v) is 13.5. The second kappa shape index (κ2) is 17.0. The molecule has 1 spiro atoms. The molecule has 0 aromatic carbocycles. The Labute approximate surface area is 358 Å². The molecule has 8 aliphatic rings. The van der Waals surface area contributed by atoms with Crippen LogP contribution in [0.3, 0.4) is 0 Å². The van der Waals surface area contributed by atoms with E-state index < -0.39 is 109 Å². The third-order valence-electron chi connectivity index (χ3n) is 16.5. The molecule has 3 saturated carbocycles. The lowest BCUT2D eigenvalue weighted by atomic mass is 9.46. The summed E-state index contributed by atoms with van der Waals surface area (Å²) in [6.07, 6.45) is -6.89. The van der Waals surface area contributed by atoms with Crippen LogP contribution in [0.2, 0.25) is 0 Å². The van der Waals surface area contributed by atoms with E-state index in [1.165, 1.54) is 27.7 Å². The van der Waals surface area contributed by atoms with Gasteiger partial charge in [0, 0.05) is 44.9 Å². The molecule has 0 unspecified atom stereocenters. The summed E-state index contributed by atoms with van der Waals surface area (Å²) in [4.78, 5) is 37.5. The van der Waals surface area contributed by atoms with Crippen LogP contribution in [0.15, 0.2) is 11.6 Å². The highest BCUT2D eigenvalue weighted by Crippen LogP contribution is 2.71. The molecular weight excluding hydrogens is 796 g/mol. The van der Waals surface area contributed by atoms with Crippen molar-refractivity contribution in [3.05, 3.63) is 11.6 Å². The maximum absolute atomic E-state index is 12.8. The number of allylic oxidation sites excluding steroid dienone is 1. The normalized spacial score (nSPS) is 51.6. The lowest BCUT2D eigenvalue weighted by Crippen LogP contribution is -2.66. The molecule has 7 fully saturated rings. The molecule has 8 rings (SSSR count). The van der Waals surface area contributed by atoms with E-state index >= 15 is 0 Å². The summed E-state index contributed by atoms with van der Waals surface area (Å²) in [7, 11) is 0. The van der Waals surface area contributed by atoms with Gasteiger partial charge in [0.25, 0.3) is 0 Å². The number of carbonyl (C=O) groups is 3. The minimum atomic E-state index is -1.75. The Morgan fingerprint density at radius 2 is 1.52 bits per heavy atom. The molecule has 4 aliphatic heterocycles. The topological polar surface area (TPSA) is 215 Å². The van der Waals surface area contributed by atoms with E-state index in [1.807, 2.05) is 0 Å². The van der Waals surface area contributed by atoms with Gasteiger partial charge < -0.3 is 63.1 Å². The lowest BCUT2D eigenvalue weighted by molar-refractivity contribution is -0.375. The summed E-state index contributed by atoms with van der Waals surface area (Å²) in [5.74, 6) is -0.657. The maximum atomic E-state index is 12.8. The van der Waals surface area contributed by atoms with E-state index in [-0.39, 0.29) is 29.8 Å². The third-order valence-corrected chi connectivity index (χ3v) is 16.5. The zero-order valence-electron chi connectivity index (χ0n) is 36.8. The number of hydrogen-bond acceptors (Lipinski definition) is 16. The second-order valence-corrected chi connectivity index (χ2v) is 20.1. The summed E-state index contributed by atoms with van der Waals surface area (Å²) in [6, 6.07) is 0. The largest absolute Gasteiger partial charge is 0.463 e. The fraction of sp³-hybridized carbons (Fsp3) is 0.889. The molecule has 4 heterocycles. The van der Waals surface area contributed by atoms with Crippen LogP contribution in [-0.2, 0) is 57.0 Å². The molecule has 4 aliphatic carbocycles. The first-order chi connectivity index (χ1) is 28.8. The molecule has 0 amide bonds. The molecule has 344 valence electrons. The summed E-state index contributed by atoms with van der Waals surface area (Å²) in [6.45, 7) is 14.6. The predicted octanol–water partition coefficient (Wildman–Crippen LogP) is 3.07. The molecule has 4 N–H and O–H groups in total. The minimum Gasteiger partial charge on any atom is -0.463 e. The Kier molecular flexibility index (Phi) is 12.6. The number of fused-ring (bicyclic) bond motifs is 7. The quantitative estimate of drug-likeness (QED) is 0.157. The highest BCUT2D eigenvalue weighted by Gasteiger charge is 2.70. The second-order valence-electron chi connectivity index (χ2n) is 20.1. The monoisotopic (exact) mass is 864 g/mol. The Balaban J connectivity index is 1.12. The average molecular weight is 865 g/mol. The number of hydrogen-bond donors (Lipinski definition) is 4. The van der Waals surface area contributed by atoms with Crippen LogP contribution < -0.4 is 0 Å². The summed E-state index contributed by atoms with van der Waals surface area (Å²) < 4.78 is 56.4. The summed E-state index contributed by atoms with van der Waals surface area (Å²) >= 11 is 0. The molecule has 16 heteroatoms. The van der Waals surface area contributed by atoms with Gasteiger partial charge in [-0.3, -0.25) is 14.4 Å². The van der Waals surface area contributed by atoms with Crippen molar-refractivity contribution < 1.29 is 77.4 Å². The number of ether oxygens (including phenoxy) is 9. The van der Waals surface area contributed by atoms with Gasteiger partial charge in [-0.1, -0.05) is 39.3 Å². The van der Waals surface area contributed by atoms with E-state index in [9.17, 15) is 34.8 Å². The molecule has 0 aromatic rings. The fourth-order valence-electron chi connectivity index (χ4n) is 13.5. The zero-order chi connectivity index (χ0) is 43.9. The van der Waals surface area contributed by atoms with Crippen molar-refractivity contribution in [2.75, 3.05) is 13.2 Å². The summed E-state index contributed by atoms with van der Waals surface area (Å²) in [5.41, 5.74) is 0.557. The number of rotatable bonds is 8. The van der Waals surface area contributed by atoms with Gasteiger partial charge in [-0.2, -0.15) is 0 Å². The molecular formula is C45H68O16. The number of carbonyl (C=O) groups excluding carboxylic acids is 3.